The molecule has 2 unspecified atom stereocenters. The van der Waals surface area contributed by atoms with Crippen LogP contribution in [0, 0.1) is 11.8 Å². The van der Waals surface area contributed by atoms with Crippen LogP contribution in [-0.4, -0.2) is 29.8 Å². The highest BCUT2D eigenvalue weighted by molar-refractivity contribution is 5.75. The van der Waals surface area contributed by atoms with E-state index in [9.17, 15) is 4.79 Å². The van der Waals surface area contributed by atoms with E-state index in [0.717, 1.165) is 19.3 Å². The minimum Gasteiger partial charge on any atom is -0.396 e. The van der Waals surface area contributed by atoms with Crippen molar-refractivity contribution >= 4 is 6.03 Å². The van der Waals surface area contributed by atoms with Crippen molar-refractivity contribution in [3.05, 3.63) is 48.0 Å². The van der Waals surface area contributed by atoms with Crippen LogP contribution >= 0.6 is 0 Å². The Kier molecular flexibility index (Phi) is 5.34. The summed E-state index contributed by atoms with van der Waals surface area (Å²) in [7, 11) is 0. The maximum Gasteiger partial charge on any atom is 0.315 e. The van der Waals surface area contributed by atoms with E-state index >= 15 is 0 Å². The maximum atomic E-state index is 12.2. The number of urea groups is 1. The third-order valence-corrected chi connectivity index (χ3v) is 5.04. The molecule has 2 amide bonds. The summed E-state index contributed by atoms with van der Waals surface area (Å²) in [6, 6.07) is 10.7. The molecule has 0 bridgehead atoms. The highest BCUT2D eigenvalue weighted by Gasteiger charge is 2.29. The molecule has 2 aliphatic carbocycles. The van der Waals surface area contributed by atoms with Crippen molar-refractivity contribution < 1.29 is 9.90 Å². The zero-order chi connectivity index (χ0) is 16.1. The lowest BCUT2D eigenvalue weighted by Gasteiger charge is -2.22. The van der Waals surface area contributed by atoms with Gasteiger partial charge in [0.2, 0.25) is 0 Å². The topological polar surface area (TPSA) is 61.4 Å². The van der Waals surface area contributed by atoms with Gasteiger partial charge in [-0.3, -0.25) is 0 Å². The van der Waals surface area contributed by atoms with Crippen LogP contribution in [0.25, 0.3) is 0 Å². The first-order valence-electron chi connectivity index (χ1n) is 8.64. The molecule has 1 fully saturated rings. The molecule has 23 heavy (non-hydrogen) atoms. The normalized spacial score (nSPS) is 29.6. The molecule has 1 saturated carbocycles. The first kappa shape index (κ1) is 16.1. The first-order chi connectivity index (χ1) is 11.2. The largest absolute Gasteiger partial charge is 0.396 e. The zero-order valence-corrected chi connectivity index (χ0v) is 13.4. The lowest BCUT2D eigenvalue weighted by atomic mass is 9.95. The van der Waals surface area contributed by atoms with Gasteiger partial charge in [-0.15, -0.1) is 0 Å². The van der Waals surface area contributed by atoms with Gasteiger partial charge in [0.15, 0.2) is 0 Å². The van der Waals surface area contributed by atoms with Gasteiger partial charge in [-0.25, -0.2) is 4.79 Å². The Morgan fingerprint density at radius 1 is 1.13 bits per heavy atom. The number of nitrogens with one attached hydrogen (secondary N) is 2. The van der Waals surface area contributed by atoms with Gasteiger partial charge < -0.3 is 15.7 Å². The van der Waals surface area contributed by atoms with E-state index in [0.29, 0.717) is 5.92 Å². The lowest BCUT2D eigenvalue weighted by molar-refractivity contribution is 0.225. The van der Waals surface area contributed by atoms with E-state index < -0.39 is 0 Å². The van der Waals surface area contributed by atoms with Crippen molar-refractivity contribution in [2.75, 3.05) is 6.61 Å². The number of aliphatic hydroxyl groups excluding tert-OH is 1. The maximum absolute atomic E-state index is 12.2. The summed E-state index contributed by atoms with van der Waals surface area (Å²) in [5.41, 5.74) is 1.34. The molecule has 3 N–H and O–H groups in total. The predicted octanol–water partition coefficient (Wildman–Crippen LogP) is 2.63. The standard InChI is InChI=1S/C19H26N2O2/c22-13-15-9-10-17(12-15)20-19(23)21-18-8-4-7-16(18)11-14-5-2-1-3-6-14/h1-3,5-6,9-10,15-18,22H,4,7-8,11-13H2,(H2,20,21,23)/t15-,16?,17+,18?/m0/s1. The molecule has 1 aromatic carbocycles. The Morgan fingerprint density at radius 2 is 1.96 bits per heavy atom. The number of carbonyl (C=O) groups is 1. The second-order valence-corrected chi connectivity index (χ2v) is 6.77. The highest BCUT2D eigenvalue weighted by atomic mass is 16.3. The fourth-order valence-corrected chi connectivity index (χ4v) is 3.78. The van der Waals surface area contributed by atoms with Crippen LogP contribution in [0.4, 0.5) is 4.79 Å². The molecule has 4 heteroatoms. The van der Waals surface area contributed by atoms with E-state index in [1.165, 1.54) is 18.4 Å². The number of benzene rings is 1. The number of aliphatic hydroxyl groups is 1. The van der Waals surface area contributed by atoms with Gasteiger partial charge in [0.05, 0.1) is 0 Å². The monoisotopic (exact) mass is 314 g/mol. The molecule has 0 aliphatic heterocycles. The molecule has 0 saturated heterocycles. The van der Waals surface area contributed by atoms with Crippen LogP contribution < -0.4 is 10.6 Å². The summed E-state index contributed by atoms with van der Waals surface area (Å²) in [5.74, 6) is 0.699. The van der Waals surface area contributed by atoms with Gasteiger partial charge in [-0.2, -0.15) is 0 Å². The van der Waals surface area contributed by atoms with Gasteiger partial charge in [-0.1, -0.05) is 48.9 Å². The van der Waals surface area contributed by atoms with Crippen molar-refractivity contribution in [3.63, 3.8) is 0 Å². The van der Waals surface area contributed by atoms with Crippen LogP contribution in [0.15, 0.2) is 42.5 Å². The smallest absolute Gasteiger partial charge is 0.315 e. The Balaban J connectivity index is 1.48. The lowest BCUT2D eigenvalue weighted by Crippen LogP contribution is -2.47. The molecular formula is C19H26N2O2. The van der Waals surface area contributed by atoms with E-state index in [4.69, 9.17) is 5.11 Å². The molecule has 4 atom stereocenters. The number of hydrogen-bond donors (Lipinski definition) is 3. The van der Waals surface area contributed by atoms with Gasteiger partial charge in [0.25, 0.3) is 0 Å². The molecule has 0 aromatic heterocycles. The molecular weight excluding hydrogens is 288 g/mol. The van der Waals surface area contributed by atoms with Crippen molar-refractivity contribution in [1.82, 2.24) is 10.6 Å². The summed E-state index contributed by atoms with van der Waals surface area (Å²) < 4.78 is 0. The average Bonchev–Trinajstić information content (AvgIpc) is 3.18. The fraction of sp³-hybridized carbons (Fsp3) is 0.526. The second-order valence-electron chi connectivity index (χ2n) is 6.77. The average molecular weight is 314 g/mol. The summed E-state index contributed by atoms with van der Waals surface area (Å²) in [5, 5.41) is 15.3. The van der Waals surface area contributed by atoms with E-state index in [1.807, 2.05) is 18.2 Å². The number of carbonyl (C=O) groups excluding carboxylic acids is 1. The molecule has 124 valence electrons. The van der Waals surface area contributed by atoms with Crippen LogP contribution in [0.3, 0.4) is 0 Å². The second kappa shape index (κ2) is 7.64. The predicted molar refractivity (Wildman–Crippen MR) is 91.1 cm³/mol. The summed E-state index contributed by atoms with van der Waals surface area (Å²) in [6.07, 6.45) is 9.21. The molecule has 3 rings (SSSR count). The highest BCUT2D eigenvalue weighted by Crippen LogP contribution is 2.29. The van der Waals surface area contributed by atoms with Crippen LogP contribution in [-0.2, 0) is 6.42 Å². The zero-order valence-electron chi connectivity index (χ0n) is 13.4. The van der Waals surface area contributed by atoms with Crippen LogP contribution in [0.5, 0.6) is 0 Å². The van der Waals surface area contributed by atoms with Gasteiger partial charge in [0, 0.05) is 24.6 Å². The Morgan fingerprint density at radius 3 is 2.70 bits per heavy atom. The minimum absolute atomic E-state index is 0.0427. The Hall–Kier alpha value is -1.81. The minimum atomic E-state index is -0.0804. The molecule has 1 aromatic rings. The number of hydrogen-bond acceptors (Lipinski definition) is 2. The van der Waals surface area contributed by atoms with Gasteiger partial charge >= 0.3 is 6.03 Å². The number of amides is 2. The van der Waals surface area contributed by atoms with Crippen LogP contribution in [0.1, 0.15) is 31.2 Å². The SMILES string of the molecule is O=C(NC1CCCC1Cc1ccccc1)N[C@@H]1C=C[C@H](CO)C1. The molecule has 0 spiro atoms. The fourth-order valence-electron chi connectivity index (χ4n) is 3.78. The quantitative estimate of drug-likeness (QED) is 0.732. The van der Waals surface area contributed by atoms with Crippen molar-refractivity contribution in [2.24, 2.45) is 11.8 Å². The van der Waals surface area contributed by atoms with E-state index in [1.54, 1.807) is 0 Å². The summed E-state index contributed by atoms with van der Waals surface area (Å²) in [6.45, 7) is 0.151. The molecule has 0 heterocycles. The third kappa shape index (κ3) is 4.35. The molecule has 2 aliphatic rings. The summed E-state index contributed by atoms with van der Waals surface area (Å²) in [4.78, 5) is 12.2. The van der Waals surface area contributed by atoms with Crippen LogP contribution in [0.2, 0.25) is 0 Å². The molecule has 0 radical (unpaired) electrons. The van der Waals surface area contributed by atoms with E-state index in [2.05, 4.69) is 34.9 Å². The number of rotatable bonds is 5. The van der Waals surface area contributed by atoms with E-state index in [-0.39, 0.29) is 30.6 Å². The van der Waals surface area contributed by atoms with Crippen molar-refractivity contribution in [2.45, 2.75) is 44.2 Å². The Labute approximate surface area is 138 Å². The van der Waals surface area contributed by atoms with Gasteiger partial charge in [0.1, 0.15) is 0 Å². The first-order valence-corrected chi connectivity index (χ1v) is 8.64. The molecule has 4 nitrogen and oxygen atoms in total. The van der Waals surface area contributed by atoms with Crippen molar-refractivity contribution in [1.29, 1.82) is 0 Å². The summed E-state index contributed by atoms with van der Waals surface area (Å²) >= 11 is 0. The van der Waals surface area contributed by atoms with Gasteiger partial charge in [-0.05, 0) is 37.2 Å². The third-order valence-electron chi connectivity index (χ3n) is 5.04. The van der Waals surface area contributed by atoms with Crippen molar-refractivity contribution in [3.8, 4) is 0 Å². The Bertz CT molecular complexity index is 544.